The van der Waals surface area contributed by atoms with Crippen molar-refractivity contribution in [2.24, 2.45) is 7.05 Å². The summed E-state index contributed by atoms with van der Waals surface area (Å²) in [6.45, 7) is -0.115. The van der Waals surface area contributed by atoms with E-state index in [1.165, 1.54) is 18.2 Å². The maximum absolute atomic E-state index is 12.7. The van der Waals surface area contributed by atoms with Gasteiger partial charge in [-0.1, -0.05) is 17.7 Å². The third-order valence-corrected chi connectivity index (χ3v) is 4.60. The van der Waals surface area contributed by atoms with Crippen molar-refractivity contribution in [2.45, 2.75) is 0 Å². The fourth-order valence-electron chi connectivity index (χ4n) is 2.90. The van der Waals surface area contributed by atoms with Crippen molar-refractivity contribution in [3.63, 3.8) is 0 Å². The Morgan fingerprint density at radius 2 is 2.07 bits per heavy atom. The van der Waals surface area contributed by atoms with Crippen LogP contribution in [0.5, 0.6) is 0 Å². The number of benzene rings is 2. The number of nitrogens with one attached hydrogen (secondary N) is 3. The van der Waals surface area contributed by atoms with E-state index < -0.39 is 5.91 Å². The summed E-state index contributed by atoms with van der Waals surface area (Å²) in [7, 11) is 1.77. The van der Waals surface area contributed by atoms with Gasteiger partial charge in [-0.05, 0) is 30.3 Å². The molecule has 1 aliphatic rings. The number of amides is 3. The van der Waals surface area contributed by atoms with E-state index >= 15 is 0 Å². The summed E-state index contributed by atoms with van der Waals surface area (Å²) in [5, 5.41) is 8.32. The van der Waals surface area contributed by atoms with E-state index in [0.717, 1.165) is 5.52 Å². The lowest BCUT2D eigenvalue weighted by Gasteiger charge is -2.09. The molecule has 0 atom stereocenters. The molecule has 3 aromatic rings. The molecule has 9 heteroatoms. The van der Waals surface area contributed by atoms with Gasteiger partial charge in [-0.25, -0.2) is 4.98 Å². The highest BCUT2D eigenvalue weighted by Gasteiger charge is 2.21. The Kier molecular flexibility index (Phi) is 4.04. The van der Waals surface area contributed by atoms with Crippen LogP contribution in [0.3, 0.4) is 0 Å². The van der Waals surface area contributed by atoms with Crippen molar-refractivity contribution >= 4 is 52.0 Å². The van der Waals surface area contributed by atoms with Gasteiger partial charge in [-0.15, -0.1) is 0 Å². The normalized spacial score (nSPS) is 13.6. The maximum atomic E-state index is 12.7. The van der Waals surface area contributed by atoms with Gasteiger partial charge in [-0.2, -0.15) is 0 Å². The van der Waals surface area contributed by atoms with E-state index in [4.69, 9.17) is 11.6 Å². The van der Waals surface area contributed by atoms with Crippen molar-refractivity contribution in [3.05, 3.63) is 52.5 Å². The monoisotopic (exact) mass is 383 g/mol. The van der Waals surface area contributed by atoms with Crippen LogP contribution in [0, 0.1) is 0 Å². The van der Waals surface area contributed by atoms with Gasteiger partial charge in [0.15, 0.2) is 0 Å². The molecule has 136 valence electrons. The Morgan fingerprint density at radius 3 is 2.85 bits per heavy atom. The number of para-hydroxylation sites is 1. The van der Waals surface area contributed by atoms with Gasteiger partial charge in [0.1, 0.15) is 5.52 Å². The van der Waals surface area contributed by atoms with Gasteiger partial charge in [0, 0.05) is 12.6 Å². The molecule has 27 heavy (non-hydrogen) atoms. The molecular weight excluding hydrogens is 370 g/mol. The zero-order chi connectivity index (χ0) is 19.1. The van der Waals surface area contributed by atoms with Crippen molar-refractivity contribution in [1.82, 2.24) is 14.9 Å². The highest BCUT2D eigenvalue weighted by Crippen LogP contribution is 2.26. The summed E-state index contributed by atoms with van der Waals surface area (Å²) < 4.78 is 1.72. The predicted octanol–water partition coefficient (Wildman–Crippen LogP) is 2.16. The highest BCUT2D eigenvalue weighted by atomic mass is 35.5. The van der Waals surface area contributed by atoms with Gasteiger partial charge in [0.05, 0.1) is 28.3 Å². The van der Waals surface area contributed by atoms with Crippen LogP contribution in [0.1, 0.15) is 20.7 Å². The van der Waals surface area contributed by atoms with E-state index in [-0.39, 0.29) is 29.6 Å². The van der Waals surface area contributed by atoms with Crippen LogP contribution in [-0.2, 0) is 11.8 Å². The molecule has 1 aromatic heterocycles. The number of anilines is 2. The molecule has 0 spiro atoms. The molecule has 4 rings (SSSR count). The lowest BCUT2D eigenvalue weighted by Crippen LogP contribution is -2.28. The van der Waals surface area contributed by atoms with E-state index in [2.05, 4.69) is 20.9 Å². The number of carbonyl (C=O) groups excluding carboxylic acids is 3. The number of imidazole rings is 1. The number of rotatable bonds is 2. The van der Waals surface area contributed by atoms with Crippen molar-refractivity contribution in [1.29, 1.82) is 0 Å². The number of hydrogen-bond acceptors (Lipinski definition) is 4. The van der Waals surface area contributed by atoms with Crippen LogP contribution in [0.4, 0.5) is 11.6 Å². The lowest BCUT2D eigenvalue weighted by molar-refractivity contribution is -0.115. The first-order valence-corrected chi connectivity index (χ1v) is 8.46. The Bertz CT molecular complexity index is 1120. The molecule has 0 saturated heterocycles. The fraction of sp³-hybridized carbons (Fsp3) is 0.111. The Labute approximate surface area is 158 Å². The minimum absolute atomic E-state index is 0.115. The van der Waals surface area contributed by atoms with Crippen LogP contribution in [0.15, 0.2) is 36.4 Å². The standard InChI is InChI=1S/C18H14ClN5O3/c1-24-13-4-2-3-11(19)15(13)22-18(24)23-16(26)9-5-6-10-12(7-9)21-14(25)8-20-17(10)27/h2-7H,8H2,1H3,(H,20,27)(H,21,25)(H,22,23,26). The summed E-state index contributed by atoms with van der Waals surface area (Å²) in [4.78, 5) is 40.7. The maximum Gasteiger partial charge on any atom is 0.258 e. The van der Waals surface area contributed by atoms with Gasteiger partial charge < -0.3 is 15.2 Å². The largest absolute Gasteiger partial charge is 0.343 e. The predicted molar refractivity (Wildman–Crippen MR) is 101 cm³/mol. The molecular formula is C18H14ClN5O3. The summed E-state index contributed by atoms with van der Waals surface area (Å²) in [5.41, 5.74) is 2.23. The van der Waals surface area contributed by atoms with Gasteiger partial charge in [-0.3, -0.25) is 19.7 Å². The Hall–Kier alpha value is -3.39. The van der Waals surface area contributed by atoms with Crippen molar-refractivity contribution in [3.8, 4) is 0 Å². The zero-order valence-electron chi connectivity index (χ0n) is 14.2. The number of carbonyl (C=O) groups is 3. The first-order chi connectivity index (χ1) is 12.9. The minimum Gasteiger partial charge on any atom is -0.343 e. The fourth-order valence-corrected chi connectivity index (χ4v) is 3.11. The molecule has 8 nitrogen and oxygen atoms in total. The summed E-state index contributed by atoms with van der Waals surface area (Å²) in [6.07, 6.45) is 0. The van der Waals surface area contributed by atoms with Gasteiger partial charge in [0.2, 0.25) is 11.9 Å². The number of aryl methyl sites for hydroxylation is 1. The Morgan fingerprint density at radius 1 is 1.26 bits per heavy atom. The molecule has 3 amide bonds. The van der Waals surface area contributed by atoms with Crippen LogP contribution >= 0.6 is 11.6 Å². The third-order valence-electron chi connectivity index (χ3n) is 4.30. The summed E-state index contributed by atoms with van der Waals surface area (Å²) in [5.74, 6) is -0.823. The summed E-state index contributed by atoms with van der Waals surface area (Å²) >= 11 is 6.15. The summed E-state index contributed by atoms with van der Waals surface area (Å²) in [6, 6.07) is 9.85. The lowest BCUT2D eigenvalue weighted by atomic mass is 10.1. The highest BCUT2D eigenvalue weighted by molar-refractivity contribution is 6.35. The Balaban J connectivity index is 1.66. The number of nitrogens with zero attached hydrogens (tertiary/aromatic N) is 2. The molecule has 2 aromatic carbocycles. The molecule has 1 aliphatic heterocycles. The molecule has 0 bridgehead atoms. The third kappa shape index (κ3) is 3.00. The van der Waals surface area contributed by atoms with E-state index in [1.54, 1.807) is 23.7 Å². The van der Waals surface area contributed by atoms with Crippen LogP contribution in [0.25, 0.3) is 11.0 Å². The minimum atomic E-state index is -0.425. The topological polar surface area (TPSA) is 105 Å². The number of fused-ring (bicyclic) bond motifs is 2. The quantitative estimate of drug-likeness (QED) is 0.630. The number of aromatic nitrogens is 2. The van der Waals surface area contributed by atoms with Gasteiger partial charge in [0.25, 0.3) is 11.8 Å². The molecule has 0 aliphatic carbocycles. The second kappa shape index (κ2) is 6.40. The smallest absolute Gasteiger partial charge is 0.258 e. The van der Waals surface area contributed by atoms with Crippen LogP contribution in [-0.4, -0.2) is 33.8 Å². The number of hydrogen-bond donors (Lipinski definition) is 3. The number of halogens is 1. The molecule has 0 saturated carbocycles. The molecule has 0 unspecified atom stereocenters. The van der Waals surface area contributed by atoms with Crippen molar-refractivity contribution in [2.75, 3.05) is 17.2 Å². The average molecular weight is 384 g/mol. The SMILES string of the molecule is Cn1c(NC(=O)c2ccc3c(c2)NC(=O)CNC3=O)nc2c(Cl)cccc21. The second-order valence-electron chi connectivity index (χ2n) is 6.05. The van der Waals surface area contributed by atoms with Crippen LogP contribution in [0.2, 0.25) is 5.02 Å². The first kappa shape index (κ1) is 17.0. The second-order valence-corrected chi connectivity index (χ2v) is 6.45. The van der Waals surface area contributed by atoms with E-state index in [1.807, 2.05) is 6.07 Å². The van der Waals surface area contributed by atoms with E-state index in [0.29, 0.717) is 22.1 Å². The molecule has 3 N–H and O–H groups in total. The van der Waals surface area contributed by atoms with Crippen molar-refractivity contribution < 1.29 is 14.4 Å². The van der Waals surface area contributed by atoms with E-state index in [9.17, 15) is 14.4 Å². The van der Waals surface area contributed by atoms with Crippen LogP contribution < -0.4 is 16.0 Å². The molecule has 0 fully saturated rings. The molecule has 0 radical (unpaired) electrons. The average Bonchev–Trinajstić information content (AvgIpc) is 2.88. The molecule has 2 heterocycles. The zero-order valence-corrected chi connectivity index (χ0v) is 14.9. The first-order valence-electron chi connectivity index (χ1n) is 8.08. The van der Waals surface area contributed by atoms with Gasteiger partial charge >= 0.3 is 0 Å².